The first-order valence-corrected chi connectivity index (χ1v) is 12.4. The Morgan fingerprint density at radius 3 is 1.23 bits per heavy atom. The lowest BCUT2D eigenvalue weighted by atomic mass is 10.0. The first-order chi connectivity index (χ1) is 14.1. The molecule has 6 nitrogen and oxygen atoms in total. The van der Waals surface area contributed by atoms with E-state index in [0.29, 0.717) is 17.6 Å². The second-order valence-corrected chi connectivity index (χ2v) is 8.81. The molecule has 0 aliphatic rings. The molecule has 30 heavy (non-hydrogen) atoms. The van der Waals surface area contributed by atoms with Crippen molar-refractivity contribution in [2.24, 2.45) is 0 Å². The first kappa shape index (κ1) is 31.5. The Morgan fingerprint density at radius 1 is 0.600 bits per heavy atom. The minimum Gasteiger partial charge on any atom is -0.870 e. The van der Waals surface area contributed by atoms with E-state index >= 15 is 0 Å². The number of unbranched alkanes of at least 4 members (excludes halogenated alkanes) is 15. The van der Waals surface area contributed by atoms with E-state index in [0.717, 1.165) is 19.4 Å². The van der Waals surface area contributed by atoms with Gasteiger partial charge in [0.2, 0.25) is 0 Å². The number of hydrogen-bond donors (Lipinski definition) is 3. The molecule has 0 saturated heterocycles. The summed E-state index contributed by atoms with van der Waals surface area (Å²) in [5.41, 5.74) is 0. The highest BCUT2D eigenvalue weighted by atomic mass is 16.4. The number of aliphatic carboxylic acids is 1. The fourth-order valence-corrected chi connectivity index (χ4v) is 4.28. The summed E-state index contributed by atoms with van der Waals surface area (Å²) >= 11 is 0. The molecule has 0 spiro atoms. The quantitative estimate of drug-likeness (QED) is 0.156. The van der Waals surface area contributed by atoms with Crippen LogP contribution in [-0.4, -0.2) is 70.6 Å². The lowest BCUT2D eigenvalue weighted by molar-refractivity contribution is -0.922. The van der Waals surface area contributed by atoms with Gasteiger partial charge < -0.3 is 25.3 Å². The van der Waals surface area contributed by atoms with Gasteiger partial charge in [0.1, 0.15) is 13.1 Å². The minimum atomic E-state index is -0.858. The summed E-state index contributed by atoms with van der Waals surface area (Å²) in [5.74, 6) is -0.858. The van der Waals surface area contributed by atoms with Gasteiger partial charge in [-0.3, -0.25) is 0 Å². The van der Waals surface area contributed by atoms with Gasteiger partial charge in [0, 0.05) is 0 Å². The number of carboxylic acid groups (broad SMARTS) is 1. The van der Waals surface area contributed by atoms with Gasteiger partial charge in [-0.1, -0.05) is 96.8 Å². The Labute approximate surface area is 185 Å². The highest BCUT2D eigenvalue weighted by molar-refractivity contribution is 5.67. The Bertz CT molecular complexity index is 360. The van der Waals surface area contributed by atoms with Gasteiger partial charge in [-0.2, -0.15) is 0 Å². The molecule has 4 N–H and O–H groups in total. The van der Waals surface area contributed by atoms with Gasteiger partial charge >= 0.3 is 5.97 Å². The summed E-state index contributed by atoms with van der Waals surface area (Å²) in [6, 6.07) is 0. The van der Waals surface area contributed by atoms with Crippen molar-refractivity contribution in [2.75, 3.05) is 39.4 Å². The van der Waals surface area contributed by atoms with Crippen molar-refractivity contribution in [2.45, 2.75) is 110 Å². The number of rotatable bonds is 23. The molecule has 6 heteroatoms. The van der Waals surface area contributed by atoms with E-state index in [1.807, 2.05) is 0 Å². The van der Waals surface area contributed by atoms with E-state index < -0.39 is 5.97 Å². The number of hydrogen-bond acceptors (Lipinski definition) is 4. The summed E-state index contributed by atoms with van der Waals surface area (Å²) in [5, 5.41) is 27.7. The third-order valence-electron chi connectivity index (χ3n) is 6.11. The van der Waals surface area contributed by atoms with E-state index in [9.17, 15) is 15.0 Å². The van der Waals surface area contributed by atoms with Crippen LogP contribution in [0.2, 0.25) is 0 Å². The average Bonchev–Trinajstić information content (AvgIpc) is 2.67. The molecule has 0 aromatic rings. The van der Waals surface area contributed by atoms with Crippen molar-refractivity contribution in [3.05, 3.63) is 0 Å². The van der Waals surface area contributed by atoms with Crippen LogP contribution in [0.4, 0.5) is 0 Å². The molecular formula is C24H51NO5. The predicted molar refractivity (Wildman–Crippen MR) is 123 cm³/mol. The summed E-state index contributed by atoms with van der Waals surface area (Å²) in [6.45, 7) is 3.73. The summed E-state index contributed by atoms with van der Waals surface area (Å²) in [6.07, 6.45) is 21.1. The van der Waals surface area contributed by atoms with Gasteiger partial charge in [-0.15, -0.1) is 0 Å². The van der Waals surface area contributed by atoms with Crippen LogP contribution in [0.5, 0.6) is 0 Å². The summed E-state index contributed by atoms with van der Waals surface area (Å²) < 4.78 is 0.293. The Kier molecular flexibility index (Phi) is 24.1. The maximum Gasteiger partial charge on any atom is 0.359 e. The zero-order valence-electron chi connectivity index (χ0n) is 19.7. The van der Waals surface area contributed by atoms with E-state index in [1.165, 1.54) is 89.9 Å². The number of carbonyl (C=O) groups is 1. The molecule has 0 aromatic carbocycles. The SMILES string of the molecule is CCCCCCCCCCCCCCCCCC[N+](CCO)(CCO)CC(=O)O.[OH-]. The van der Waals surface area contributed by atoms with Crippen LogP contribution in [0.3, 0.4) is 0 Å². The highest BCUT2D eigenvalue weighted by Crippen LogP contribution is 2.15. The van der Waals surface area contributed by atoms with E-state index in [1.54, 1.807) is 0 Å². The fourth-order valence-electron chi connectivity index (χ4n) is 4.28. The second-order valence-electron chi connectivity index (χ2n) is 8.81. The van der Waals surface area contributed by atoms with Gasteiger partial charge in [0.25, 0.3) is 0 Å². The normalized spacial score (nSPS) is 11.4. The zero-order valence-corrected chi connectivity index (χ0v) is 19.7. The largest absolute Gasteiger partial charge is 0.870 e. The van der Waals surface area contributed by atoms with Gasteiger partial charge in [-0.05, 0) is 12.8 Å². The molecule has 0 rings (SSSR count). The maximum absolute atomic E-state index is 11.2. The smallest absolute Gasteiger partial charge is 0.359 e. The van der Waals surface area contributed by atoms with Crippen LogP contribution >= 0.6 is 0 Å². The third-order valence-corrected chi connectivity index (χ3v) is 6.11. The molecule has 0 amide bonds. The number of aliphatic hydroxyl groups is 2. The number of carboxylic acids is 1. The number of quaternary nitrogens is 1. The van der Waals surface area contributed by atoms with Crippen molar-refractivity contribution in [3.8, 4) is 0 Å². The third kappa shape index (κ3) is 19.3. The monoisotopic (exact) mass is 433 g/mol. The molecule has 0 unspecified atom stereocenters. The van der Waals surface area contributed by atoms with Crippen LogP contribution in [0.25, 0.3) is 0 Å². The molecule has 0 aromatic heterocycles. The van der Waals surface area contributed by atoms with Crippen LogP contribution < -0.4 is 0 Å². The molecule has 0 aliphatic heterocycles. The predicted octanol–water partition coefficient (Wildman–Crippen LogP) is 4.96. The van der Waals surface area contributed by atoms with E-state index in [2.05, 4.69) is 6.92 Å². The first-order valence-electron chi connectivity index (χ1n) is 12.4. The molecule has 182 valence electrons. The van der Waals surface area contributed by atoms with Crippen molar-refractivity contribution >= 4 is 5.97 Å². The van der Waals surface area contributed by atoms with Crippen molar-refractivity contribution in [1.29, 1.82) is 0 Å². The molecular weight excluding hydrogens is 382 g/mol. The highest BCUT2D eigenvalue weighted by Gasteiger charge is 2.29. The molecule has 0 saturated carbocycles. The average molecular weight is 434 g/mol. The van der Waals surface area contributed by atoms with Crippen LogP contribution in [0, 0.1) is 0 Å². The summed E-state index contributed by atoms with van der Waals surface area (Å²) in [7, 11) is 0. The molecule has 0 aliphatic carbocycles. The Balaban J connectivity index is 0. The summed E-state index contributed by atoms with van der Waals surface area (Å²) in [4.78, 5) is 11.2. The van der Waals surface area contributed by atoms with Gasteiger partial charge in [-0.25, -0.2) is 4.79 Å². The van der Waals surface area contributed by atoms with Crippen molar-refractivity contribution < 1.29 is 30.1 Å². The number of nitrogens with zero attached hydrogens (tertiary/aromatic N) is 1. The van der Waals surface area contributed by atoms with Crippen molar-refractivity contribution in [3.63, 3.8) is 0 Å². The van der Waals surface area contributed by atoms with Gasteiger partial charge in [0.15, 0.2) is 6.54 Å². The fraction of sp³-hybridized carbons (Fsp3) is 0.958. The second kappa shape index (κ2) is 23.0. The Hall–Kier alpha value is -0.690. The molecule has 0 heterocycles. The molecule has 0 bridgehead atoms. The lowest BCUT2D eigenvalue weighted by Crippen LogP contribution is -2.55. The van der Waals surface area contributed by atoms with Crippen molar-refractivity contribution in [1.82, 2.24) is 0 Å². The van der Waals surface area contributed by atoms with Crippen LogP contribution in [0.15, 0.2) is 0 Å². The number of aliphatic hydroxyl groups excluding tert-OH is 2. The lowest BCUT2D eigenvalue weighted by Gasteiger charge is -2.36. The van der Waals surface area contributed by atoms with Gasteiger partial charge in [0.05, 0.1) is 19.8 Å². The van der Waals surface area contributed by atoms with E-state index in [4.69, 9.17) is 5.11 Å². The van der Waals surface area contributed by atoms with E-state index in [-0.39, 0.29) is 25.2 Å². The minimum absolute atomic E-state index is 0. The topological polar surface area (TPSA) is 108 Å². The molecule has 0 atom stereocenters. The molecule has 0 radical (unpaired) electrons. The van der Waals surface area contributed by atoms with Crippen LogP contribution in [-0.2, 0) is 4.79 Å². The Morgan fingerprint density at radius 2 is 0.933 bits per heavy atom. The molecule has 0 fully saturated rings. The standard InChI is InChI=1S/C24H49NO4.H2O/c1-2-3-4-5-6-7-8-9-10-11-12-13-14-15-16-17-18-25(19-21-26,20-22-27)23-24(28)29;/h26-27H,2-23H2,1H3;1H2. The van der Waals surface area contributed by atoms with Crippen LogP contribution in [0.1, 0.15) is 110 Å². The zero-order chi connectivity index (χ0) is 21.6. The maximum atomic E-state index is 11.2.